The molecule has 2 aromatic rings. The molecule has 2 unspecified atom stereocenters. The average Bonchev–Trinajstić information content (AvgIpc) is 3.28. The third kappa shape index (κ3) is 3.01. The molecule has 6 nitrogen and oxygen atoms in total. The standard InChI is InChI=1S/C20H24N6/c1-12-11-21-20(22-16-9-8-13-4-2-3-5-15(13)16)24-19(12)23-18-10-17(25-26-18)14-6-7-14/h2-5,10-11,14,16,20,22,24H,6-9H2,1H3,(H2,23,25,26). The fraction of sp³-hybridized carbons (Fsp3) is 0.400. The molecule has 5 rings (SSSR count). The van der Waals surface area contributed by atoms with E-state index in [2.05, 4.69) is 61.5 Å². The van der Waals surface area contributed by atoms with E-state index in [4.69, 9.17) is 0 Å². The number of rotatable bonds is 5. The molecule has 0 bridgehead atoms. The maximum absolute atomic E-state index is 4.61. The minimum atomic E-state index is -0.140. The van der Waals surface area contributed by atoms with Crippen LogP contribution in [0.1, 0.15) is 55.0 Å². The summed E-state index contributed by atoms with van der Waals surface area (Å²) in [5.74, 6) is 2.48. The first kappa shape index (κ1) is 15.6. The van der Waals surface area contributed by atoms with Crippen LogP contribution in [0.25, 0.3) is 0 Å². The summed E-state index contributed by atoms with van der Waals surface area (Å²) < 4.78 is 0. The summed E-state index contributed by atoms with van der Waals surface area (Å²) in [6.45, 7) is 2.05. The molecule has 0 spiro atoms. The second-order valence-corrected chi connectivity index (χ2v) is 7.45. The van der Waals surface area contributed by atoms with Crippen LogP contribution in [0.15, 0.2) is 46.7 Å². The number of nitrogens with zero attached hydrogens (tertiary/aromatic N) is 2. The number of nitrogens with one attached hydrogen (secondary N) is 4. The van der Waals surface area contributed by atoms with E-state index in [0.717, 1.165) is 30.1 Å². The van der Waals surface area contributed by atoms with Crippen molar-refractivity contribution >= 4 is 12.0 Å². The first-order valence-corrected chi connectivity index (χ1v) is 9.43. The van der Waals surface area contributed by atoms with Crippen molar-refractivity contribution in [3.63, 3.8) is 0 Å². The minimum Gasteiger partial charge on any atom is -0.338 e. The SMILES string of the molecule is CC1=C(Nc2cc(C3CC3)[nH]n2)NC(NC2CCc3ccccc32)N=C1. The van der Waals surface area contributed by atoms with Crippen molar-refractivity contribution in [1.82, 2.24) is 20.8 Å². The molecule has 3 aliphatic rings. The zero-order valence-corrected chi connectivity index (χ0v) is 14.9. The number of allylic oxidation sites excluding steroid dienone is 1. The molecular weight excluding hydrogens is 324 g/mol. The number of aromatic nitrogens is 2. The van der Waals surface area contributed by atoms with Gasteiger partial charge in [-0.3, -0.25) is 15.4 Å². The molecule has 2 aliphatic carbocycles. The molecule has 1 aromatic carbocycles. The van der Waals surface area contributed by atoms with Gasteiger partial charge in [-0.1, -0.05) is 24.3 Å². The number of hydrogen-bond acceptors (Lipinski definition) is 5. The van der Waals surface area contributed by atoms with Gasteiger partial charge in [-0.15, -0.1) is 0 Å². The average molecular weight is 348 g/mol. The third-order valence-electron chi connectivity index (χ3n) is 5.45. The Morgan fingerprint density at radius 3 is 2.92 bits per heavy atom. The second kappa shape index (κ2) is 6.29. The summed E-state index contributed by atoms with van der Waals surface area (Å²) in [6.07, 6.45) is 6.56. The molecule has 0 saturated heterocycles. The maximum Gasteiger partial charge on any atom is 0.175 e. The Balaban J connectivity index is 1.26. The van der Waals surface area contributed by atoms with Gasteiger partial charge in [-0.25, -0.2) is 0 Å². The van der Waals surface area contributed by atoms with Gasteiger partial charge in [0.1, 0.15) is 5.82 Å². The number of aromatic amines is 1. The predicted molar refractivity (Wildman–Crippen MR) is 103 cm³/mol. The van der Waals surface area contributed by atoms with Gasteiger partial charge in [0.25, 0.3) is 0 Å². The normalized spacial score (nSPS) is 24.5. The van der Waals surface area contributed by atoms with Crippen LogP contribution in [0.3, 0.4) is 0 Å². The van der Waals surface area contributed by atoms with Gasteiger partial charge in [0.05, 0.1) is 0 Å². The highest BCUT2D eigenvalue weighted by Crippen LogP contribution is 2.39. The largest absolute Gasteiger partial charge is 0.338 e. The van der Waals surface area contributed by atoms with Gasteiger partial charge in [-0.05, 0) is 43.7 Å². The van der Waals surface area contributed by atoms with Crippen LogP contribution in [-0.4, -0.2) is 22.7 Å². The van der Waals surface area contributed by atoms with Crippen LogP contribution in [-0.2, 0) is 6.42 Å². The molecule has 0 radical (unpaired) electrons. The van der Waals surface area contributed by atoms with E-state index in [1.54, 1.807) is 0 Å². The Morgan fingerprint density at radius 1 is 1.15 bits per heavy atom. The Bertz CT molecular complexity index is 876. The van der Waals surface area contributed by atoms with E-state index in [9.17, 15) is 0 Å². The fourth-order valence-electron chi connectivity index (χ4n) is 3.81. The topological polar surface area (TPSA) is 77.1 Å². The molecule has 2 atom stereocenters. The molecular formula is C20H24N6. The lowest BCUT2D eigenvalue weighted by Crippen LogP contribution is -2.45. The van der Waals surface area contributed by atoms with E-state index >= 15 is 0 Å². The van der Waals surface area contributed by atoms with Gasteiger partial charge in [0.2, 0.25) is 0 Å². The summed E-state index contributed by atoms with van der Waals surface area (Å²) in [5.41, 5.74) is 5.14. The highest BCUT2D eigenvalue weighted by molar-refractivity contribution is 5.80. The number of fused-ring (bicyclic) bond motifs is 1. The highest BCUT2D eigenvalue weighted by Gasteiger charge is 2.27. The lowest BCUT2D eigenvalue weighted by Gasteiger charge is -2.27. The maximum atomic E-state index is 4.61. The summed E-state index contributed by atoms with van der Waals surface area (Å²) in [6, 6.07) is 11.1. The summed E-state index contributed by atoms with van der Waals surface area (Å²) >= 11 is 0. The first-order chi connectivity index (χ1) is 12.8. The molecule has 26 heavy (non-hydrogen) atoms. The highest BCUT2D eigenvalue weighted by atomic mass is 15.3. The number of aliphatic imine (C=N–C) groups is 1. The number of benzene rings is 1. The Morgan fingerprint density at radius 2 is 2.04 bits per heavy atom. The molecule has 4 N–H and O–H groups in total. The van der Waals surface area contributed by atoms with Crippen molar-refractivity contribution in [2.45, 2.75) is 50.9 Å². The number of anilines is 1. The zero-order valence-electron chi connectivity index (χ0n) is 14.9. The lowest BCUT2D eigenvalue weighted by molar-refractivity contribution is 0.404. The van der Waals surface area contributed by atoms with Crippen molar-refractivity contribution in [3.05, 3.63) is 58.5 Å². The Labute approximate surface area is 153 Å². The van der Waals surface area contributed by atoms with Crippen molar-refractivity contribution in [1.29, 1.82) is 0 Å². The fourth-order valence-corrected chi connectivity index (χ4v) is 3.81. The van der Waals surface area contributed by atoms with Gasteiger partial charge in [0, 0.05) is 35.5 Å². The summed E-state index contributed by atoms with van der Waals surface area (Å²) in [4.78, 5) is 4.61. The van der Waals surface area contributed by atoms with Gasteiger partial charge >= 0.3 is 0 Å². The molecule has 1 aliphatic heterocycles. The Kier molecular flexibility index (Phi) is 3.78. The molecule has 1 saturated carbocycles. The Hall–Kier alpha value is -2.60. The molecule has 2 heterocycles. The smallest absolute Gasteiger partial charge is 0.175 e. The molecule has 1 aromatic heterocycles. The molecule has 134 valence electrons. The second-order valence-electron chi connectivity index (χ2n) is 7.45. The van der Waals surface area contributed by atoms with Gasteiger partial charge in [0.15, 0.2) is 12.1 Å². The number of H-pyrrole nitrogens is 1. The van der Waals surface area contributed by atoms with Crippen LogP contribution in [0.2, 0.25) is 0 Å². The zero-order chi connectivity index (χ0) is 17.5. The monoisotopic (exact) mass is 348 g/mol. The predicted octanol–water partition coefficient (Wildman–Crippen LogP) is 3.17. The van der Waals surface area contributed by atoms with Crippen molar-refractivity contribution < 1.29 is 0 Å². The van der Waals surface area contributed by atoms with Gasteiger partial charge in [-0.2, -0.15) is 5.10 Å². The molecule has 1 fully saturated rings. The van der Waals surface area contributed by atoms with Crippen LogP contribution in [0.5, 0.6) is 0 Å². The minimum absolute atomic E-state index is 0.140. The van der Waals surface area contributed by atoms with E-state index in [1.165, 1.54) is 29.7 Å². The van der Waals surface area contributed by atoms with E-state index in [1.807, 2.05) is 13.1 Å². The van der Waals surface area contributed by atoms with E-state index in [0.29, 0.717) is 12.0 Å². The summed E-state index contributed by atoms with van der Waals surface area (Å²) in [5, 5.41) is 18.0. The third-order valence-corrected chi connectivity index (χ3v) is 5.45. The van der Waals surface area contributed by atoms with Crippen LogP contribution < -0.4 is 16.0 Å². The molecule has 0 amide bonds. The van der Waals surface area contributed by atoms with Crippen molar-refractivity contribution in [2.24, 2.45) is 4.99 Å². The van der Waals surface area contributed by atoms with Gasteiger partial charge < -0.3 is 10.6 Å². The summed E-state index contributed by atoms with van der Waals surface area (Å²) in [7, 11) is 0. The quantitative estimate of drug-likeness (QED) is 0.669. The van der Waals surface area contributed by atoms with Crippen molar-refractivity contribution in [3.8, 4) is 0 Å². The number of aryl methyl sites for hydroxylation is 1. The number of hydrogen-bond donors (Lipinski definition) is 4. The first-order valence-electron chi connectivity index (χ1n) is 9.43. The van der Waals surface area contributed by atoms with Crippen molar-refractivity contribution in [2.75, 3.05) is 5.32 Å². The van der Waals surface area contributed by atoms with Crippen LogP contribution in [0, 0.1) is 0 Å². The van der Waals surface area contributed by atoms with E-state index in [-0.39, 0.29) is 6.29 Å². The lowest BCUT2D eigenvalue weighted by atomic mass is 10.1. The van der Waals surface area contributed by atoms with E-state index < -0.39 is 0 Å². The van der Waals surface area contributed by atoms with Crippen LogP contribution in [0.4, 0.5) is 5.82 Å². The molecule has 6 heteroatoms. The van der Waals surface area contributed by atoms with Crippen LogP contribution >= 0.6 is 0 Å².